The van der Waals surface area contributed by atoms with E-state index >= 15 is 0 Å². The van der Waals surface area contributed by atoms with Gasteiger partial charge in [0.05, 0.1) is 5.69 Å². The van der Waals surface area contributed by atoms with Crippen LogP contribution in [0.15, 0.2) is 28.8 Å². The van der Waals surface area contributed by atoms with Gasteiger partial charge in [-0.2, -0.15) is 0 Å². The average molecular weight is 376 g/mol. The Morgan fingerprint density at radius 2 is 2.11 bits per heavy atom. The van der Waals surface area contributed by atoms with Gasteiger partial charge < -0.3 is 14.9 Å². The fourth-order valence-electron chi connectivity index (χ4n) is 1.26. The van der Waals surface area contributed by atoms with E-state index in [1.807, 2.05) is 22.6 Å². The lowest BCUT2D eigenvalue weighted by molar-refractivity contribution is 0.0651. The summed E-state index contributed by atoms with van der Waals surface area (Å²) in [5, 5.41) is 14.4. The summed E-state index contributed by atoms with van der Waals surface area (Å²) in [6.45, 7) is 0. The van der Waals surface area contributed by atoms with Crippen LogP contribution in [0.1, 0.15) is 21.0 Å². The Bertz CT molecular complexity index is 656. The second-order valence-corrected chi connectivity index (χ2v) is 4.62. The Kier molecular flexibility index (Phi) is 3.79. The molecule has 0 aliphatic rings. The molecule has 1 aromatic heterocycles. The summed E-state index contributed by atoms with van der Waals surface area (Å²) < 4.78 is 17.9. The standard InChI is InChI=1S/C11H6FIN2O4/c12-5-1-2-7(6(13)3-5)14-10(16)8-4-9(11(17)18)19-15-8/h1-4H,(H,14,16)(H,17,18). The summed E-state index contributed by atoms with van der Waals surface area (Å²) in [7, 11) is 0. The van der Waals surface area contributed by atoms with Crippen molar-refractivity contribution in [3.63, 3.8) is 0 Å². The van der Waals surface area contributed by atoms with Crippen LogP contribution in [-0.2, 0) is 0 Å². The number of carbonyl (C=O) groups excluding carboxylic acids is 1. The van der Waals surface area contributed by atoms with Gasteiger partial charge in [0.15, 0.2) is 5.69 Å². The second-order valence-electron chi connectivity index (χ2n) is 3.46. The highest BCUT2D eigenvalue weighted by molar-refractivity contribution is 14.1. The molecular weight excluding hydrogens is 370 g/mol. The van der Waals surface area contributed by atoms with E-state index in [-0.39, 0.29) is 5.69 Å². The summed E-state index contributed by atoms with van der Waals surface area (Å²) in [6, 6.07) is 4.85. The highest BCUT2D eigenvalue weighted by atomic mass is 127. The van der Waals surface area contributed by atoms with Crippen molar-refractivity contribution in [1.29, 1.82) is 0 Å². The summed E-state index contributed by atoms with van der Waals surface area (Å²) in [5.41, 5.74) is 0.226. The van der Waals surface area contributed by atoms with Crippen molar-refractivity contribution in [2.75, 3.05) is 5.32 Å². The summed E-state index contributed by atoms with van der Waals surface area (Å²) >= 11 is 1.86. The van der Waals surface area contributed by atoms with Gasteiger partial charge in [-0.05, 0) is 40.8 Å². The summed E-state index contributed by atoms with van der Waals surface area (Å²) in [6.07, 6.45) is 0. The fraction of sp³-hybridized carbons (Fsp3) is 0. The minimum absolute atomic E-state index is 0.169. The molecule has 0 unspecified atom stereocenters. The molecule has 2 N–H and O–H groups in total. The van der Waals surface area contributed by atoms with Crippen molar-refractivity contribution in [3.8, 4) is 0 Å². The molecule has 0 aliphatic heterocycles. The molecule has 0 bridgehead atoms. The lowest BCUT2D eigenvalue weighted by Gasteiger charge is -2.05. The van der Waals surface area contributed by atoms with Gasteiger partial charge in [-0.25, -0.2) is 9.18 Å². The van der Waals surface area contributed by atoms with E-state index in [9.17, 15) is 14.0 Å². The number of amides is 1. The van der Waals surface area contributed by atoms with Crippen molar-refractivity contribution in [1.82, 2.24) is 5.16 Å². The van der Waals surface area contributed by atoms with E-state index in [4.69, 9.17) is 5.11 Å². The molecule has 98 valence electrons. The number of carboxylic acid groups (broad SMARTS) is 1. The van der Waals surface area contributed by atoms with Crippen LogP contribution in [-0.4, -0.2) is 22.1 Å². The van der Waals surface area contributed by atoms with Gasteiger partial charge in [0, 0.05) is 9.64 Å². The van der Waals surface area contributed by atoms with Crippen molar-refractivity contribution in [2.24, 2.45) is 0 Å². The molecule has 0 radical (unpaired) electrons. The summed E-state index contributed by atoms with van der Waals surface area (Å²) in [4.78, 5) is 22.3. The predicted octanol–water partition coefficient (Wildman–Crippen LogP) is 2.37. The van der Waals surface area contributed by atoms with E-state index in [0.29, 0.717) is 9.26 Å². The zero-order chi connectivity index (χ0) is 14.0. The van der Waals surface area contributed by atoms with Crippen LogP contribution in [0.3, 0.4) is 0 Å². The Morgan fingerprint density at radius 1 is 1.37 bits per heavy atom. The molecule has 0 saturated heterocycles. The van der Waals surface area contributed by atoms with Crippen LogP contribution in [0, 0.1) is 9.39 Å². The molecule has 0 fully saturated rings. The first-order chi connectivity index (χ1) is 8.97. The number of carbonyl (C=O) groups is 2. The minimum Gasteiger partial charge on any atom is -0.475 e. The maximum atomic E-state index is 12.9. The molecule has 2 rings (SSSR count). The largest absolute Gasteiger partial charge is 0.475 e. The average Bonchev–Trinajstić information content (AvgIpc) is 2.82. The first-order valence-corrected chi connectivity index (χ1v) is 6.01. The number of nitrogens with one attached hydrogen (secondary N) is 1. The van der Waals surface area contributed by atoms with Crippen LogP contribution in [0.2, 0.25) is 0 Å². The van der Waals surface area contributed by atoms with E-state index in [0.717, 1.165) is 6.07 Å². The van der Waals surface area contributed by atoms with Crippen LogP contribution in [0.4, 0.5) is 10.1 Å². The Balaban J connectivity index is 2.18. The SMILES string of the molecule is O=C(Nc1ccc(F)cc1I)c1cc(C(=O)O)on1. The first kappa shape index (κ1) is 13.5. The zero-order valence-electron chi connectivity index (χ0n) is 9.18. The second kappa shape index (κ2) is 5.34. The van der Waals surface area contributed by atoms with E-state index < -0.39 is 23.5 Å². The predicted molar refractivity (Wildman–Crippen MR) is 70.5 cm³/mol. The van der Waals surface area contributed by atoms with Gasteiger partial charge in [0.2, 0.25) is 5.76 Å². The van der Waals surface area contributed by atoms with Crippen molar-refractivity contribution >= 4 is 40.2 Å². The third-order valence-electron chi connectivity index (χ3n) is 2.13. The van der Waals surface area contributed by atoms with Gasteiger partial charge in [-0.15, -0.1) is 0 Å². The van der Waals surface area contributed by atoms with E-state index in [1.54, 1.807) is 0 Å². The number of rotatable bonds is 3. The smallest absolute Gasteiger partial charge is 0.374 e. The number of aromatic carboxylic acids is 1. The molecule has 0 aliphatic carbocycles. The van der Waals surface area contributed by atoms with Gasteiger partial charge in [-0.1, -0.05) is 5.16 Å². The number of benzene rings is 1. The fourth-order valence-corrected chi connectivity index (χ4v) is 1.87. The Hall–Kier alpha value is -1.97. The lowest BCUT2D eigenvalue weighted by Crippen LogP contribution is -2.13. The molecule has 6 nitrogen and oxygen atoms in total. The lowest BCUT2D eigenvalue weighted by atomic mass is 10.3. The number of hydrogen-bond donors (Lipinski definition) is 2. The number of nitrogens with zero attached hydrogens (tertiary/aromatic N) is 1. The van der Waals surface area contributed by atoms with Gasteiger partial charge in [-0.3, -0.25) is 4.79 Å². The van der Waals surface area contributed by atoms with E-state index in [1.165, 1.54) is 18.2 Å². The third kappa shape index (κ3) is 3.08. The molecule has 19 heavy (non-hydrogen) atoms. The molecule has 0 saturated carbocycles. The van der Waals surface area contributed by atoms with Crippen molar-refractivity contribution in [2.45, 2.75) is 0 Å². The monoisotopic (exact) mass is 376 g/mol. The Labute approximate surface area is 119 Å². The van der Waals surface area contributed by atoms with Crippen LogP contribution in [0.5, 0.6) is 0 Å². The van der Waals surface area contributed by atoms with Gasteiger partial charge >= 0.3 is 5.97 Å². The zero-order valence-corrected chi connectivity index (χ0v) is 11.3. The molecule has 2 aromatic rings. The quantitative estimate of drug-likeness (QED) is 0.803. The molecule has 8 heteroatoms. The molecule has 1 aromatic carbocycles. The first-order valence-electron chi connectivity index (χ1n) is 4.94. The third-order valence-corrected chi connectivity index (χ3v) is 3.03. The molecule has 0 atom stereocenters. The van der Waals surface area contributed by atoms with Gasteiger partial charge in [0.1, 0.15) is 5.82 Å². The maximum Gasteiger partial charge on any atom is 0.374 e. The molecule has 0 spiro atoms. The number of anilines is 1. The minimum atomic E-state index is -1.32. The van der Waals surface area contributed by atoms with Crippen LogP contribution < -0.4 is 5.32 Å². The molecule has 1 amide bonds. The maximum absolute atomic E-state index is 12.9. The highest BCUT2D eigenvalue weighted by Crippen LogP contribution is 2.19. The van der Waals surface area contributed by atoms with Crippen molar-refractivity contribution in [3.05, 3.63) is 45.1 Å². The normalized spacial score (nSPS) is 10.2. The van der Waals surface area contributed by atoms with Crippen LogP contribution >= 0.6 is 22.6 Å². The van der Waals surface area contributed by atoms with Crippen molar-refractivity contribution < 1.29 is 23.6 Å². The Morgan fingerprint density at radius 3 is 2.68 bits per heavy atom. The van der Waals surface area contributed by atoms with E-state index in [2.05, 4.69) is 15.0 Å². The number of halogens is 2. The highest BCUT2D eigenvalue weighted by Gasteiger charge is 2.17. The molecule has 1 heterocycles. The number of carboxylic acids is 1. The number of hydrogen-bond acceptors (Lipinski definition) is 4. The summed E-state index contributed by atoms with van der Waals surface area (Å²) in [5.74, 6) is -2.81. The van der Waals surface area contributed by atoms with Crippen LogP contribution in [0.25, 0.3) is 0 Å². The van der Waals surface area contributed by atoms with Gasteiger partial charge in [0.25, 0.3) is 5.91 Å². The number of aromatic nitrogens is 1. The topological polar surface area (TPSA) is 92.4 Å². The molecular formula is C11H6FIN2O4.